The Hall–Kier alpha value is -3.34. The third-order valence-electron chi connectivity index (χ3n) is 4.90. The smallest absolute Gasteiger partial charge is 0.369 e. The number of nitrogens with zero attached hydrogens (tertiary/aromatic N) is 3. The molecule has 2 aromatic carbocycles. The number of ketones is 1. The third-order valence-corrected chi connectivity index (χ3v) is 5.46. The van der Waals surface area contributed by atoms with E-state index < -0.39 is 35.4 Å². The van der Waals surface area contributed by atoms with Crippen LogP contribution in [0.4, 0.5) is 5.69 Å². The number of carbonyl (C=O) groups excluding carboxylic acids is 3. The number of azo groups is 1. The number of esters is 1. The number of rotatable bonds is 11. The highest BCUT2D eigenvalue weighted by Crippen LogP contribution is 2.29. The van der Waals surface area contributed by atoms with Gasteiger partial charge in [0.2, 0.25) is 5.91 Å². The molecule has 0 heterocycles. The Balaban J connectivity index is 2.61. The second-order valence-electron chi connectivity index (χ2n) is 8.10. The van der Waals surface area contributed by atoms with Crippen LogP contribution in [-0.4, -0.2) is 66.0 Å². The lowest BCUT2D eigenvalue weighted by atomic mass is 10.0. The van der Waals surface area contributed by atoms with Gasteiger partial charge >= 0.3 is 17.6 Å². The maximum atomic E-state index is 13.2. The summed E-state index contributed by atoms with van der Waals surface area (Å²) in [6, 6.07) is 10.3. The van der Waals surface area contributed by atoms with Crippen molar-refractivity contribution in [3.63, 3.8) is 0 Å². The minimum absolute atomic E-state index is 0.0476. The van der Waals surface area contributed by atoms with Gasteiger partial charge in [-0.3, -0.25) is 9.59 Å². The lowest BCUT2D eigenvalue weighted by molar-refractivity contribution is -0.168. The van der Waals surface area contributed by atoms with Crippen LogP contribution in [-0.2, 0) is 19.1 Å². The number of benzene rings is 2. The second kappa shape index (κ2) is 12.6. The molecule has 0 spiro atoms. The molecule has 192 valence electrons. The predicted octanol–water partition coefficient (Wildman–Crippen LogP) is 4.11. The summed E-state index contributed by atoms with van der Waals surface area (Å²) in [6.45, 7) is 3.05. The van der Waals surface area contributed by atoms with Crippen molar-refractivity contribution in [3.8, 4) is 0 Å². The monoisotopic (exact) mass is 536 g/mol. The first kappa shape index (κ1) is 28.9. The van der Waals surface area contributed by atoms with Crippen molar-refractivity contribution in [1.82, 2.24) is 10.2 Å². The molecule has 0 bridgehead atoms. The fourth-order valence-electron chi connectivity index (χ4n) is 2.88. The van der Waals surface area contributed by atoms with E-state index in [1.54, 1.807) is 40.1 Å². The van der Waals surface area contributed by atoms with Gasteiger partial charge in [-0.05, 0) is 57.8 Å². The van der Waals surface area contributed by atoms with Crippen LogP contribution in [0.25, 0.3) is 0 Å². The van der Waals surface area contributed by atoms with Gasteiger partial charge in [-0.2, -0.15) is 5.11 Å². The number of nitrogens with one attached hydrogen (secondary N) is 1. The molecule has 2 aromatic rings. The van der Waals surface area contributed by atoms with Crippen molar-refractivity contribution in [2.75, 3.05) is 20.6 Å². The molecule has 0 fully saturated rings. The average molecular weight is 537 g/mol. The van der Waals surface area contributed by atoms with Crippen LogP contribution >= 0.6 is 23.2 Å². The van der Waals surface area contributed by atoms with Gasteiger partial charge in [-0.15, -0.1) is 5.11 Å². The number of carbonyl (C=O) groups is 4. The van der Waals surface area contributed by atoms with Gasteiger partial charge in [0.05, 0.1) is 28.9 Å². The van der Waals surface area contributed by atoms with E-state index in [4.69, 9.17) is 27.9 Å². The van der Waals surface area contributed by atoms with Crippen LogP contribution in [0, 0.1) is 0 Å². The maximum Gasteiger partial charge on any atom is 0.369 e. The van der Waals surface area contributed by atoms with E-state index in [0.29, 0.717) is 6.42 Å². The molecule has 0 saturated carbocycles. The molecule has 2 unspecified atom stereocenters. The van der Waals surface area contributed by atoms with E-state index in [-0.39, 0.29) is 33.4 Å². The van der Waals surface area contributed by atoms with Gasteiger partial charge in [-0.25, -0.2) is 9.59 Å². The second-order valence-corrected chi connectivity index (χ2v) is 8.94. The molecule has 2 rings (SSSR count). The number of aliphatic carboxylic acids is 1. The van der Waals surface area contributed by atoms with Crippen molar-refractivity contribution >= 4 is 52.5 Å². The summed E-state index contributed by atoms with van der Waals surface area (Å²) in [6.07, 6.45) is -0.275. The quantitative estimate of drug-likeness (QED) is 0.190. The van der Waals surface area contributed by atoms with Crippen molar-refractivity contribution in [1.29, 1.82) is 0 Å². The zero-order chi connectivity index (χ0) is 27.0. The number of hydrogen-bond donors (Lipinski definition) is 2. The fraction of sp³-hybridized carbons (Fsp3) is 0.333. The van der Waals surface area contributed by atoms with Crippen LogP contribution in [0.5, 0.6) is 0 Å². The van der Waals surface area contributed by atoms with Gasteiger partial charge in [-0.1, -0.05) is 42.3 Å². The summed E-state index contributed by atoms with van der Waals surface area (Å²) >= 11 is 12.2. The normalized spacial score (nSPS) is 13.8. The number of hydrogen-bond acceptors (Lipinski definition) is 8. The van der Waals surface area contributed by atoms with Gasteiger partial charge in [0.15, 0.2) is 5.78 Å². The first-order valence-electron chi connectivity index (χ1n) is 10.8. The largest absolute Gasteiger partial charge is 0.478 e. The number of carboxylic acids is 1. The standard InChI is InChI=1S/C24H26Cl2N4O6/c1-5-14(2)36-23(35)24(22(33)34,27-20(31)13-30(3)4)29-28-19-11-10-15(25)12-17(19)21(32)16-8-6-7-9-18(16)26/h6-12,14H,5,13H2,1-4H3,(H,27,31)(H,33,34). The molecule has 10 nitrogen and oxygen atoms in total. The minimum atomic E-state index is -2.90. The Kier molecular flexibility index (Phi) is 10.1. The molecule has 1 amide bonds. The van der Waals surface area contributed by atoms with Crippen LogP contribution in [0.1, 0.15) is 36.2 Å². The molecule has 0 aliphatic rings. The topological polar surface area (TPSA) is 138 Å². The van der Waals surface area contributed by atoms with E-state index in [1.807, 2.05) is 0 Å². The Morgan fingerprint density at radius 3 is 2.36 bits per heavy atom. The van der Waals surface area contributed by atoms with Crippen LogP contribution in [0.15, 0.2) is 52.7 Å². The summed E-state index contributed by atoms with van der Waals surface area (Å²) in [5.74, 6) is -4.53. The minimum Gasteiger partial charge on any atom is -0.478 e. The molecule has 12 heteroatoms. The van der Waals surface area contributed by atoms with Crippen molar-refractivity contribution in [3.05, 3.63) is 63.6 Å². The zero-order valence-electron chi connectivity index (χ0n) is 20.1. The van der Waals surface area contributed by atoms with E-state index in [2.05, 4.69) is 15.5 Å². The average Bonchev–Trinajstić information content (AvgIpc) is 2.81. The lowest BCUT2D eigenvalue weighted by Gasteiger charge is -2.25. The first-order valence-corrected chi connectivity index (χ1v) is 11.6. The molecule has 0 aliphatic carbocycles. The number of amides is 1. The molecule has 0 saturated heterocycles. The summed E-state index contributed by atoms with van der Waals surface area (Å²) in [4.78, 5) is 52.4. The highest BCUT2D eigenvalue weighted by atomic mass is 35.5. The maximum absolute atomic E-state index is 13.2. The zero-order valence-corrected chi connectivity index (χ0v) is 21.6. The molecule has 2 N–H and O–H groups in total. The van der Waals surface area contributed by atoms with E-state index >= 15 is 0 Å². The summed E-state index contributed by atoms with van der Waals surface area (Å²) in [5, 5.41) is 20.1. The highest BCUT2D eigenvalue weighted by molar-refractivity contribution is 6.35. The van der Waals surface area contributed by atoms with Crippen molar-refractivity contribution in [2.45, 2.75) is 32.0 Å². The number of carboxylic acid groups (broad SMARTS) is 1. The first-order chi connectivity index (χ1) is 16.9. The number of ether oxygens (including phenoxy) is 1. The lowest BCUT2D eigenvalue weighted by Crippen LogP contribution is -2.61. The van der Waals surface area contributed by atoms with E-state index in [9.17, 15) is 24.3 Å². The van der Waals surface area contributed by atoms with Gasteiger partial charge in [0.1, 0.15) is 0 Å². The Morgan fingerprint density at radius 1 is 1.11 bits per heavy atom. The summed E-state index contributed by atoms with van der Waals surface area (Å²) < 4.78 is 5.20. The molecule has 0 radical (unpaired) electrons. The van der Waals surface area contributed by atoms with E-state index in [1.165, 1.54) is 35.2 Å². The van der Waals surface area contributed by atoms with Crippen LogP contribution in [0.2, 0.25) is 10.0 Å². The van der Waals surface area contributed by atoms with Gasteiger partial charge in [0.25, 0.3) is 0 Å². The van der Waals surface area contributed by atoms with Gasteiger partial charge < -0.3 is 20.1 Å². The van der Waals surface area contributed by atoms with Gasteiger partial charge in [0, 0.05) is 10.6 Å². The number of likely N-dealkylation sites (N-methyl/N-ethyl adjacent to an activating group) is 1. The summed E-state index contributed by atoms with van der Waals surface area (Å²) in [5.41, 5.74) is -2.90. The molecule has 36 heavy (non-hydrogen) atoms. The van der Waals surface area contributed by atoms with Crippen LogP contribution in [0.3, 0.4) is 0 Å². The van der Waals surface area contributed by atoms with Crippen LogP contribution < -0.4 is 5.32 Å². The predicted molar refractivity (Wildman–Crippen MR) is 134 cm³/mol. The SMILES string of the molecule is CCC(C)OC(=O)C(N=Nc1ccc(Cl)cc1C(=O)c1ccccc1Cl)(NC(=O)CN(C)C)C(=O)O. The molecular weight excluding hydrogens is 511 g/mol. The highest BCUT2D eigenvalue weighted by Gasteiger charge is 2.51. The summed E-state index contributed by atoms with van der Waals surface area (Å²) in [7, 11) is 3.17. The third kappa shape index (κ3) is 7.09. The van der Waals surface area contributed by atoms with E-state index in [0.717, 1.165) is 0 Å². The molecule has 0 aliphatic heterocycles. The Labute approximate surface area is 218 Å². The molecule has 0 aromatic heterocycles. The Bertz CT molecular complexity index is 1190. The van der Waals surface area contributed by atoms with Crippen molar-refractivity contribution in [2.24, 2.45) is 10.2 Å². The number of halogens is 2. The van der Waals surface area contributed by atoms with Crippen molar-refractivity contribution < 1.29 is 29.0 Å². The molecule has 2 atom stereocenters. The Morgan fingerprint density at radius 2 is 1.78 bits per heavy atom. The molecular formula is C24H26Cl2N4O6. The fourth-order valence-corrected chi connectivity index (χ4v) is 3.27.